The van der Waals surface area contributed by atoms with Gasteiger partial charge in [0.1, 0.15) is 5.82 Å². The lowest BCUT2D eigenvalue weighted by Gasteiger charge is -2.37. The summed E-state index contributed by atoms with van der Waals surface area (Å²) in [6.45, 7) is 0. The van der Waals surface area contributed by atoms with Crippen molar-refractivity contribution in [3.63, 3.8) is 0 Å². The van der Waals surface area contributed by atoms with Crippen LogP contribution < -0.4 is 5.32 Å². The second-order valence-electron chi connectivity index (χ2n) is 5.37. The van der Waals surface area contributed by atoms with Crippen LogP contribution in [-0.4, -0.2) is 6.04 Å². The summed E-state index contributed by atoms with van der Waals surface area (Å²) >= 11 is 5.99. The number of rotatable bonds is 3. The van der Waals surface area contributed by atoms with Gasteiger partial charge in [0.05, 0.1) is 17.3 Å². The molecule has 0 atom stereocenters. The quantitative estimate of drug-likeness (QED) is 0.891. The highest BCUT2D eigenvalue weighted by Crippen LogP contribution is 2.39. The Hall–Kier alpha value is -2.05. The summed E-state index contributed by atoms with van der Waals surface area (Å²) in [6.07, 6.45) is 1.92. The fourth-order valence-electron chi connectivity index (χ4n) is 2.69. The SMILES string of the molecule is N#Cc1ccc(NC2CC(c3cccc(Cl)c3)C2)c(F)c1. The van der Waals surface area contributed by atoms with Gasteiger partial charge >= 0.3 is 0 Å². The van der Waals surface area contributed by atoms with Crippen molar-refractivity contribution in [2.45, 2.75) is 24.8 Å². The van der Waals surface area contributed by atoms with Crippen LogP contribution in [0.1, 0.15) is 29.9 Å². The van der Waals surface area contributed by atoms with Crippen molar-refractivity contribution in [2.75, 3.05) is 5.32 Å². The first-order chi connectivity index (χ1) is 10.2. The fraction of sp³-hybridized carbons (Fsp3) is 0.235. The molecule has 1 saturated carbocycles. The summed E-state index contributed by atoms with van der Waals surface area (Å²) in [5, 5.41) is 12.7. The van der Waals surface area contributed by atoms with E-state index in [0.717, 1.165) is 17.9 Å². The van der Waals surface area contributed by atoms with Crippen LogP contribution >= 0.6 is 11.6 Å². The molecule has 1 N–H and O–H groups in total. The van der Waals surface area contributed by atoms with Crippen molar-refractivity contribution in [3.8, 4) is 6.07 Å². The lowest BCUT2D eigenvalue weighted by molar-refractivity contribution is 0.373. The molecule has 0 aromatic heterocycles. The molecule has 0 aliphatic heterocycles. The Morgan fingerprint density at radius 2 is 2.00 bits per heavy atom. The van der Waals surface area contributed by atoms with Crippen LogP contribution in [0, 0.1) is 17.1 Å². The molecule has 2 aromatic rings. The van der Waals surface area contributed by atoms with E-state index < -0.39 is 0 Å². The average molecular weight is 301 g/mol. The Morgan fingerprint density at radius 3 is 2.67 bits per heavy atom. The first-order valence-electron chi connectivity index (χ1n) is 6.87. The van der Waals surface area contributed by atoms with E-state index in [1.807, 2.05) is 24.3 Å². The van der Waals surface area contributed by atoms with E-state index in [9.17, 15) is 4.39 Å². The molecule has 3 rings (SSSR count). The minimum absolute atomic E-state index is 0.261. The standard InChI is InChI=1S/C17H14ClFN2/c18-14-3-1-2-12(7-14)13-8-15(9-13)21-17-5-4-11(10-20)6-16(17)19/h1-7,13,15,21H,8-9H2. The van der Waals surface area contributed by atoms with Gasteiger partial charge in [-0.1, -0.05) is 23.7 Å². The van der Waals surface area contributed by atoms with E-state index in [1.54, 1.807) is 12.1 Å². The highest BCUT2D eigenvalue weighted by atomic mass is 35.5. The van der Waals surface area contributed by atoms with Crippen molar-refractivity contribution in [2.24, 2.45) is 0 Å². The van der Waals surface area contributed by atoms with Crippen LogP contribution in [0.2, 0.25) is 5.02 Å². The van der Waals surface area contributed by atoms with Crippen LogP contribution in [0.15, 0.2) is 42.5 Å². The summed E-state index contributed by atoms with van der Waals surface area (Å²) in [4.78, 5) is 0. The third-order valence-electron chi connectivity index (χ3n) is 3.92. The van der Waals surface area contributed by atoms with Crippen LogP contribution in [-0.2, 0) is 0 Å². The molecule has 0 heterocycles. The Bertz CT molecular complexity index is 702. The maximum absolute atomic E-state index is 13.8. The highest BCUT2D eigenvalue weighted by Gasteiger charge is 2.30. The number of hydrogen-bond donors (Lipinski definition) is 1. The van der Waals surface area contributed by atoms with Crippen LogP contribution in [0.25, 0.3) is 0 Å². The second kappa shape index (κ2) is 5.75. The molecule has 2 aromatic carbocycles. The van der Waals surface area contributed by atoms with Gasteiger partial charge in [-0.05, 0) is 54.7 Å². The topological polar surface area (TPSA) is 35.8 Å². The molecule has 0 bridgehead atoms. The van der Waals surface area contributed by atoms with E-state index in [-0.39, 0.29) is 11.9 Å². The zero-order chi connectivity index (χ0) is 14.8. The number of benzene rings is 2. The minimum Gasteiger partial charge on any atom is -0.380 e. The smallest absolute Gasteiger partial charge is 0.147 e. The van der Waals surface area contributed by atoms with Gasteiger partial charge in [0.2, 0.25) is 0 Å². The molecule has 0 amide bonds. The third-order valence-corrected chi connectivity index (χ3v) is 4.15. The summed E-state index contributed by atoms with van der Waals surface area (Å²) in [5.41, 5.74) is 2.04. The van der Waals surface area contributed by atoms with Crippen molar-refractivity contribution in [1.82, 2.24) is 0 Å². The molecule has 0 unspecified atom stereocenters. The summed E-state index contributed by atoms with van der Waals surface area (Å²) in [6, 6.07) is 14.6. The van der Waals surface area contributed by atoms with Gasteiger partial charge in [-0.15, -0.1) is 0 Å². The zero-order valence-corrected chi connectivity index (χ0v) is 12.1. The van der Waals surface area contributed by atoms with E-state index in [0.29, 0.717) is 17.2 Å². The largest absolute Gasteiger partial charge is 0.380 e. The van der Waals surface area contributed by atoms with Gasteiger partial charge in [0, 0.05) is 11.1 Å². The fourth-order valence-corrected chi connectivity index (χ4v) is 2.89. The predicted octanol–water partition coefficient (Wildman–Crippen LogP) is 4.71. The molecular weight excluding hydrogens is 287 g/mol. The van der Waals surface area contributed by atoms with E-state index in [1.165, 1.54) is 11.6 Å². The Morgan fingerprint density at radius 1 is 1.19 bits per heavy atom. The number of halogens is 2. The van der Waals surface area contributed by atoms with Gasteiger partial charge in [-0.2, -0.15) is 5.26 Å². The van der Waals surface area contributed by atoms with Gasteiger partial charge in [-0.25, -0.2) is 4.39 Å². The number of nitrogens with zero attached hydrogens (tertiary/aromatic N) is 1. The number of nitrogens with one attached hydrogen (secondary N) is 1. The number of nitriles is 1. The molecule has 1 aliphatic rings. The van der Waals surface area contributed by atoms with E-state index in [4.69, 9.17) is 16.9 Å². The molecule has 4 heteroatoms. The molecular formula is C17H14ClFN2. The molecule has 1 fully saturated rings. The maximum atomic E-state index is 13.8. The minimum atomic E-state index is -0.375. The van der Waals surface area contributed by atoms with Gasteiger partial charge in [-0.3, -0.25) is 0 Å². The first kappa shape index (κ1) is 13.9. The summed E-state index contributed by atoms with van der Waals surface area (Å²) in [5.74, 6) is 0.0999. The molecule has 0 spiro atoms. The Balaban J connectivity index is 1.61. The van der Waals surface area contributed by atoms with Crippen LogP contribution in [0.5, 0.6) is 0 Å². The van der Waals surface area contributed by atoms with Crippen molar-refractivity contribution in [3.05, 3.63) is 64.4 Å². The normalized spacial score (nSPS) is 20.4. The molecule has 21 heavy (non-hydrogen) atoms. The van der Waals surface area contributed by atoms with Gasteiger partial charge in [0.25, 0.3) is 0 Å². The monoisotopic (exact) mass is 300 g/mol. The van der Waals surface area contributed by atoms with Gasteiger partial charge < -0.3 is 5.32 Å². The van der Waals surface area contributed by atoms with E-state index in [2.05, 4.69) is 11.4 Å². The number of anilines is 1. The van der Waals surface area contributed by atoms with Crippen LogP contribution in [0.4, 0.5) is 10.1 Å². The highest BCUT2D eigenvalue weighted by molar-refractivity contribution is 6.30. The molecule has 0 radical (unpaired) electrons. The lowest BCUT2D eigenvalue weighted by Crippen LogP contribution is -2.34. The molecule has 0 saturated heterocycles. The Kier molecular flexibility index (Phi) is 3.81. The predicted molar refractivity (Wildman–Crippen MR) is 82.0 cm³/mol. The van der Waals surface area contributed by atoms with Gasteiger partial charge in [0.15, 0.2) is 0 Å². The van der Waals surface area contributed by atoms with Crippen molar-refractivity contribution >= 4 is 17.3 Å². The average Bonchev–Trinajstić information content (AvgIpc) is 2.43. The van der Waals surface area contributed by atoms with Crippen molar-refractivity contribution in [1.29, 1.82) is 5.26 Å². The molecule has 106 valence electrons. The lowest BCUT2D eigenvalue weighted by atomic mass is 9.76. The Labute approximate surface area is 128 Å². The van der Waals surface area contributed by atoms with E-state index >= 15 is 0 Å². The number of hydrogen-bond acceptors (Lipinski definition) is 2. The van der Waals surface area contributed by atoms with Crippen molar-refractivity contribution < 1.29 is 4.39 Å². The molecule has 2 nitrogen and oxygen atoms in total. The molecule has 1 aliphatic carbocycles. The van der Waals surface area contributed by atoms with Crippen LogP contribution in [0.3, 0.4) is 0 Å². The third kappa shape index (κ3) is 3.01. The summed E-state index contributed by atoms with van der Waals surface area (Å²) in [7, 11) is 0. The first-order valence-corrected chi connectivity index (χ1v) is 7.25. The zero-order valence-electron chi connectivity index (χ0n) is 11.3. The summed E-state index contributed by atoms with van der Waals surface area (Å²) < 4.78 is 13.8. The maximum Gasteiger partial charge on any atom is 0.147 e. The second-order valence-corrected chi connectivity index (χ2v) is 5.81.